The smallest absolute Gasteiger partial charge is 0.236 e. The molecule has 0 aromatic rings. The predicted octanol–water partition coefficient (Wildman–Crippen LogP) is -1.01. The molecule has 0 aliphatic carbocycles. The molecule has 1 aliphatic heterocycles. The summed E-state index contributed by atoms with van der Waals surface area (Å²) in [5, 5.41) is 5.75. The SMILES string of the molecule is CCN(CC)S(=O)(=O)CC(=O)NCC1CNC1. The number of nitrogens with one attached hydrogen (secondary N) is 2. The first kappa shape index (κ1) is 14.4. The number of carbonyl (C=O) groups is 1. The van der Waals surface area contributed by atoms with E-state index in [1.807, 2.05) is 0 Å². The molecule has 1 saturated heterocycles. The van der Waals surface area contributed by atoms with Crippen molar-refractivity contribution in [3.05, 3.63) is 0 Å². The average Bonchev–Trinajstić information content (AvgIpc) is 2.15. The molecule has 0 aromatic heterocycles. The molecule has 1 rings (SSSR count). The molecular formula is C10H21N3O3S. The maximum atomic E-state index is 11.8. The third kappa shape index (κ3) is 4.25. The minimum absolute atomic E-state index is 0.401. The van der Waals surface area contributed by atoms with Gasteiger partial charge in [-0.3, -0.25) is 4.79 Å². The van der Waals surface area contributed by atoms with Crippen LogP contribution in [0, 0.1) is 5.92 Å². The third-order valence-corrected chi connectivity index (χ3v) is 4.80. The van der Waals surface area contributed by atoms with Gasteiger partial charge in [0.15, 0.2) is 0 Å². The normalized spacial score (nSPS) is 16.9. The van der Waals surface area contributed by atoms with E-state index < -0.39 is 21.7 Å². The Bertz CT molecular complexity index is 348. The molecule has 1 amide bonds. The summed E-state index contributed by atoms with van der Waals surface area (Å²) in [6.07, 6.45) is 0. The molecule has 100 valence electrons. The van der Waals surface area contributed by atoms with Gasteiger partial charge in [-0.2, -0.15) is 0 Å². The van der Waals surface area contributed by atoms with Crippen molar-refractivity contribution < 1.29 is 13.2 Å². The average molecular weight is 263 g/mol. The fourth-order valence-corrected chi connectivity index (χ4v) is 3.08. The van der Waals surface area contributed by atoms with Crippen LogP contribution in [0.4, 0.5) is 0 Å². The van der Waals surface area contributed by atoms with E-state index in [0.717, 1.165) is 13.1 Å². The van der Waals surface area contributed by atoms with Crippen LogP contribution in [-0.2, 0) is 14.8 Å². The zero-order chi connectivity index (χ0) is 12.9. The van der Waals surface area contributed by atoms with Gasteiger partial charge in [-0.05, 0) is 0 Å². The van der Waals surface area contributed by atoms with Crippen LogP contribution in [0.3, 0.4) is 0 Å². The molecule has 2 N–H and O–H groups in total. The Hall–Kier alpha value is -0.660. The molecule has 17 heavy (non-hydrogen) atoms. The van der Waals surface area contributed by atoms with Crippen LogP contribution in [0.5, 0.6) is 0 Å². The van der Waals surface area contributed by atoms with Crippen molar-refractivity contribution in [3.8, 4) is 0 Å². The lowest BCUT2D eigenvalue weighted by atomic mass is 10.0. The number of sulfonamides is 1. The van der Waals surface area contributed by atoms with Gasteiger partial charge in [0.1, 0.15) is 5.75 Å². The summed E-state index contributed by atoms with van der Waals surface area (Å²) in [4.78, 5) is 11.5. The second-order valence-electron chi connectivity index (χ2n) is 4.17. The van der Waals surface area contributed by atoms with Crippen LogP contribution >= 0.6 is 0 Å². The molecule has 0 spiro atoms. The highest BCUT2D eigenvalue weighted by atomic mass is 32.2. The van der Waals surface area contributed by atoms with Crippen LogP contribution in [0.2, 0.25) is 0 Å². The van der Waals surface area contributed by atoms with Crippen molar-refractivity contribution in [3.63, 3.8) is 0 Å². The van der Waals surface area contributed by atoms with E-state index >= 15 is 0 Å². The molecule has 0 atom stereocenters. The lowest BCUT2D eigenvalue weighted by molar-refractivity contribution is -0.118. The maximum absolute atomic E-state index is 11.8. The number of amides is 1. The summed E-state index contributed by atoms with van der Waals surface area (Å²) < 4.78 is 24.9. The lowest BCUT2D eigenvalue weighted by Gasteiger charge is -2.27. The summed E-state index contributed by atoms with van der Waals surface area (Å²) in [5.74, 6) is -0.423. The van der Waals surface area contributed by atoms with Crippen LogP contribution < -0.4 is 10.6 Å². The Morgan fingerprint density at radius 3 is 2.35 bits per heavy atom. The number of hydrogen-bond acceptors (Lipinski definition) is 4. The largest absolute Gasteiger partial charge is 0.355 e. The van der Waals surface area contributed by atoms with E-state index in [-0.39, 0.29) is 0 Å². The van der Waals surface area contributed by atoms with Crippen molar-refractivity contribution in [2.45, 2.75) is 13.8 Å². The van der Waals surface area contributed by atoms with Crippen molar-refractivity contribution in [1.29, 1.82) is 0 Å². The Kier molecular flexibility index (Phi) is 5.35. The Morgan fingerprint density at radius 1 is 1.35 bits per heavy atom. The number of nitrogens with zero attached hydrogens (tertiary/aromatic N) is 1. The fraction of sp³-hybridized carbons (Fsp3) is 0.900. The first-order chi connectivity index (χ1) is 7.99. The highest BCUT2D eigenvalue weighted by molar-refractivity contribution is 7.89. The predicted molar refractivity (Wildman–Crippen MR) is 66.1 cm³/mol. The Labute approximate surface area is 103 Å². The summed E-state index contributed by atoms with van der Waals surface area (Å²) in [6.45, 7) is 6.67. The second kappa shape index (κ2) is 6.32. The summed E-state index contributed by atoms with van der Waals surface area (Å²) in [5.41, 5.74) is 0. The minimum atomic E-state index is -3.45. The molecule has 0 radical (unpaired) electrons. The molecule has 7 heteroatoms. The zero-order valence-electron chi connectivity index (χ0n) is 10.4. The summed E-state index contributed by atoms with van der Waals surface area (Å²) in [7, 11) is -3.45. The fourth-order valence-electron chi connectivity index (χ4n) is 1.68. The Morgan fingerprint density at radius 2 is 1.94 bits per heavy atom. The molecule has 0 unspecified atom stereocenters. The molecule has 0 bridgehead atoms. The highest BCUT2D eigenvalue weighted by Gasteiger charge is 2.24. The second-order valence-corrected chi connectivity index (χ2v) is 6.14. The van der Waals surface area contributed by atoms with E-state index in [1.165, 1.54) is 4.31 Å². The van der Waals surface area contributed by atoms with E-state index in [4.69, 9.17) is 0 Å². The van der Waals surface area contributed by atoms with Crippen LogP contribution in [0.25, 0.3) is 0 Å². The number of rotatable bonds is 7. The van der Waals surface area contributed by atoms with E-state index in [0.29, 0.717) is 25.6 Å². The van der Waals surface area contributed by atoms with Crippen molar-refractivity contribution in [2.24, 2.45) is 5.92 Å². The van der Waals surface area contributed by atoms with E-state index in [9.17, 15) is 13.2 Å². The summed E-state index contributed by atoms with van der Waals surface area (Å²) in [6, 6.07) is 0. The lowest BCUT2D eigenvalue weighted by Crippen LogP contribution is -2.49. The number of hydrogen-bond donors (Lipinski definition) is 2. The van der Waals surface area contributed by atoms with Crippen LogP contribution in [0.15, 0.2) is 0 Å². The molecule has 1 heterocycles. The quantitative estimate of drug-likeness (QED) is 0.617. The number of carbonyl (C=O) groups excluding carboxylic acids is 1. The van der Waals surface area contributed by atoms with Gasteiger partial charge >= 0.3 is 0 Å². The third-order valence-electron chi connectivity index (χ3n) is 2.87. The molecule has 1 aliphatic rings. The van der Waals surface area contributed by atoms with Gasteiger partial charge in [0.2, 0.25) is 15.9 Å². The van der Waals surface area contributed by atoms with E-state index in [2.05, 4.69) is 10.6 Å². The van der Waals surface area contributed by atoms with Crippen LogP contribution in [0.1, 0.15) is 13.8 Å². The van der Waals surface area contributed by atoms with Crippen molar-refractivity contribution >= 4 is 15.9 Å². The first-order valence-corrected chi connectivity index (χ1v) is 7.55. The van der Waals surface area contributed by atoms with Crippen molar-refractivity contribution in [2.75, 3.05) is 38.5 Å². The molecular weight excluding hydrogens is 242 g/mol. The maximum Gasteiger partial charge on any atom is 0.236 e. The highest BCUT2D eigenvalue weighted by Crippen LogP contribution is 2.02. The van der Waals surface area contributed by atoms with Gasteiger partial charge in [0.05, 0.1) is 0 Å². The van der Waals surface area contributed by atoms with Crippen LogP contribution in [-0.4, -0.2) is 57.1 Å². The van der Waals surface area contributed by atoms with E-state index in [1.54, 1.807) is 13.8 Å². The van der Waals surface area contributed by atoms with Crippen molar-refractivity contribution in [1.82, 2.24) is 14.9 Å². The van der Waals surface area contributed by atoms with Gasteiger partial charge in [0.25, 0.3) is 0 Å². The molecule has 0 aromatic carbocycles. The topological polar surface area (TPSA) is 78.5 Å². The van der Waals surface area contributed by atoms with Gasteiger partial charge in [0, 0.05) is 38.6 Å². The zero-order valence-corrected chi connectivity index (χ0v) is 11.2. The monoisotopic (exact) mass is 263 g/mol. The minimum Gasteiger partial charge on any atom is -0.355 e. The Balaban J connectivity index is 2.37. The van der Waals surface area contributed by atoms with Gasteiger partial charge in [-0.25, -0.2) is 12.7 Å². The standard InChI is InChI=1S/C10H21N3O3S/c1-3-13(4-2)17(15,16)8-10(14)12-7-9-5-11-6-9/h9,11H,3-8H2,1-2H3,(H,12,14). The molecule has 1 fully saturated rings. The first-order valence-electron chi connectivity index (χ1n) is 5.94. The molecule has 6 nitrogen and oxygen atoms in total. The molecule has 0 saturated carbocycles. The summed E-state index contributed by atoms with van der Waals surface area (Å²) >= 11 is 0. The van der Waals surface area contributed by atoms with Gasteiger partial charge in [-0.1, -0.05) is 13.8 Å². The van der Waals surface area contributed by atoms with Gasteiger partial charge in [-0.15, -0.1) is 0 Å². The van der Waals surface area contributed by atoms with Gasteiger partial charge < -0.3 is 10.6 Å².